The predicted molar refractivity (Wildman–Crippen MR) is 106 cm³/mol. The van der Waals surface area contributed by atoms with Crippen LogP contribution >= 0.6 is 11.3 Å². The van der Waals surface area contributed by atoms with Gasteiger partial charge in [0, 0.05) is 17.5 Å². The van der Waals surface area contributed by atoms with Crippen LogP contribution in [-0.2, 0) is 11.2 Å². The van der Waals surface area contributed by atoms with Gasteiger partial charge in [-0.3, -0.25) is 4.79 Å². The highest BCUT2D eigenvalue weighted by molar-refractivity contribution is 7.09. The van der Waals surface area contributed by atoms with Gasteiger partial charge in [-0.1, -0.05) is 36.4 Å². The number of nitrogens with zero attached hydrogens (tertiary/aromatic N) is 1. The molecular formula is C21H22N2O2S. The Labute approximate surface area is 157 Å². The van der Waals surface area contributed by atoms with Crippen LogP contribution in [-0.4, -0.2) is 24.0 Å². The largest absolute Gasteiger partial charge is 0.484 e. The van der Waals surface area contributed by atoms with Crippen molar-refractivity contribution in [1.82, 2.24) is 10.3 Å². The molecule has 3 aromatic rings. The van der Waals surface area contributed by atoms with E-state index in [1.54, 1.807) is 11.3 Å². The first kappa shape index (κ1) is 18.1. The summed E-state index contributed by atoms with van der Waals surface area (Å²) in [7, 11) is 0. The third-order valence-electron chi connectivity index (χ3n) is 3.96. The SMILES string of the molecule is Cc1cccc(OCC(=O)NCCc2ccc(-c3csc(C)n3)cc2)c1. The molecule has 0 aliphatic carbocycles. The van der Waals surface area contributed by atoms with E-state index in [2.05, 4.69) is 39.9 Å². The molecule has 1 aromatic heterocycles. The molecule has 3 rings (SSSR count). The highest BCUT2D eigenvalue weighted by atomic mass is 32.1. The second-order valence-corrected chi connectivity index (χ2v) is 7.22. The highest BCUT2D eigenvalue weighted by Crippen LogP contribution is 2.21. The fraction of sp³-hybridized carbons (Fsp3) is 0.238. The molecule has 0 radical (unpaired) electrons. The molecule has 2 aromatic carbocycles. The molecule has 134 valence electrons. The molecule has 0 unspecified atom stereocenters. The van der Waals surface area contributed by atoms with Gasteiger partial charge in [0.05, 0.1) is 10.7 Å². The molecule has 1 heterocycles. The fourth-order valence-electron chi connectivity index (χ4n) is 2.59. The van der Waals surface area contributed by atoms with Gasteiger partial charge in [0.2, 0.25) is 0 Å². The van der Waals surface area contributed by atoms with Crippen molar-refractivity contribution in [3.63, 3.8) is 0 Å². The molecule has 0 spiro atoms. The van der Waals surface area contributed by atoms with E-state index < -0.39 is 0 Å². The van der Waals surface area contributed by atoms with Crippen LogP contribution in [0, 0.1) is 13.8 Å². The first-order valence-electron chi connectivity index (χ1n) is 8.58. The molecule has 1 amide bonds. The average Bonchev–Trinajstić information content (AvgIpc) is 3.07. The van der Waals surface area contributed by atoms with E-state index in [1.807, 2.05) is 38.1 Å². The van der Waals surface area contributed by atoms with Crippen LogP contribution in [0.15, 0.2) is 53.9 Å². The molecule has 26 heavy (non-hydrogen) atoms. The van der Waals surface area contributed by atoms with Crippen molar-refractivity contribution in [2.24, 2.45) is 0 Å². The van der Waals surface area contributed by atoms with Crippen molar-refractivity contribution in [3.05, 3.63) is 70.0 Å². The minimum absolute atomic E-state index is 0.0333. The molecule has 0 atom stereocenters. The molecule has 0 aliphatic heterocycles. The van der Waals surface area contributed by atoms with Gasteiger partial charge < -0.3 is 10.1 Å². The van der Waals surface area contributed by atoms with Crippen LogP contribution in [0.5, 0.6) is 5.75 Å². The van der Waals surface area contributed by atoms with E-state index in [-0.39, 0.29) is 12.5 Å². The van der Waals surface area contributed by atoms with Crippen molar-refractivity contribution in [2.75, 3.05) is 13.2 Å². The second-order valence-electron chi connectivity index (χ2n) is 6.15. The molecule has 0 fully saturated rings. The lowest BCUT2D eigenvalue weighted by Crippen LogP contribution is -2.30. The quantitative estimate of drug-likeness (QED) is 0.683. The van der Waals surface area contributed by atoms with Gasteiger partial charge in [-0.2, -0.15) is 0 Å². The van der Waals surface area contributed by atoms with E-state index in [4.69, 9.17) is 4.74 Å². The number of thiazole rings is 1. The topological polar surface area (TPSA) is 51.2 Å². The number of amides is 1. The molecule has 1 N–H and O–H groups in total. The molecule has 0 saturated heterocycles. The highest BCUT2D eigenvalue weighted by Gasteiger charge is 2.04. The van der Waals surface area contributed by atoms with Crippen LogP contribution in [0.1, 0.15) is 16.1 Å². The molecule has 0 bridgehead atoms. The number of aromatic nitrogens is 1. The summed E-state index contributed by atoms with van der Waals surface area (Å²) in [6.07, 6.45) is 0.784. The Morgan fingerprint density at radius 3 is 2.65 bits per heavy atom. The Morgan fingerprint density at radius 2 is 1.96 bits per heavy atom. The van der Waals surface area contributed by atoms with Crippen molar-refractivity contribution in [3.8, 4) is 17.0 Å². The van der Waals surface area contributed by atoms with E-state index in [0.29, 0.717) is 12.3 Å². The average molecular weight is 366 g/mol. The van der Waals surface area contributed by atoms with Gasteiger partial charge in [0.15, 0.2) is 6.61 Å². The van der Waals surface area contributed by atoms with Crippen molar-refractivity contribution in [2.45, 2.75) is 20.3 Å². The number of rotatable bonds is 7. The maximum atomic E-state index is 11.9. The number of benzene rings is 2. The van der Waals surface area contributed by atoms with Crippen LogP contribution in [0.4, 0.5) is 0 Å². The Morgan fingerprint density at radius 1 is 1.15 bits per heavy atom. The summed E-state index contributed by atoms with van der Waals surface area (Å²) in [5.41, 5.74) is 4.43. The van der Waals surface area contributed by atoms with Gasteiger partial charge >= 0.3 is 0 Å². The number of hydrogen-bond acceptors (Lipinski definition) is 4. The number of nitrogens with one attached hydrogen (secondary N) is 1. The molecule has 0 aliphatic rings. The third kappa shape index (κ3) is 5.17. The second kappa shape index (κ2) is 8.63. The molecular weight excluding hydrogens is 344 g/mol. The third-order valence-corrected chi connectivity index (χ3v) is 4.74. The summed E-state index contributed by atoms with van der Waals surface area (Å²) in [4.78, 5) is 16.4. The van der Waals surface area contributed by atoms with Crippen LogP contribution in [0.2, 0.25) is 0 Å². The Balaban J connectivity index is 1.42. The lowest BCUT2D eigenvalue weighted by Gasteiger charge is -2.08. The maximum Gasteiger partial charge on any atom is 0.257 e. The zero-order chi connectivity index (χ0) is 18.4. The van der Waals surface area contributed by atoms with Gasteiger partial charge in [0.25, 0.3) is 5.91 Å². The van der Waals surface area contributed by atoms with Crippen LogP contribution in [0.25, 0.3) is 11.3 Å². The van der Waals surface area contributed by atoms with Gasteiger partial charge in [-0.25, -0.2) is 4.98 Å². The fourth-order valence-corrected chi connectivity index (χ4v) is 3.21. The number of hydrogen-bond donors (Lipinski definition) is 1. The number of aryl methyl sites for hydroxylation is 2. The number of carbonyl (C=O) groups is 1. The van der Waals surface area contributed by atoms with E-state index in [0.717, 1.165) is 28.2 Å². The lowest BCUT2D eigenvalue weighted by atomic mass is 10.1. The summed E-state index contributed by atoms with van der Waals surface area (Å²) < 4.78 is 5.50. The summed E-state index contributed by atoms with van der Waals surface area (Å²) in [5.74, 6) is 0.606. The first-order chi connectivity index (χ1) is 12.6. The smallest absolute Gasteiger partial charge is 0.257 e. The number of carbonyl (C=O) groups excluding carboxylic acids is 1. The Bertz CT molecular complexity index is 872. The summed E-state index contributed by atoms with van der Waals surface area (Å²) in [5, 5.41) is 6.03. The van der Waals surface area contributed by atoms with Crippen molar-refractivity contribution in [1.29, 1.82) is 0 Å². The molecule has 0 saturated carbocycles. The standard InChI is InChI=1S/C21H22N2O2S/c1-15-4-3-5-19(12-15)25-13-21(24)22-11-10-17-6-8-18(9-7-17)20-14-26-16(2)23-20/h3-9,12,14H,10-11,13H2,1-2H3,(H,22,24). The van der Waals surface area contributed by atoms with Crippen LogP contribution < -0.4 is 10.1 Å². The van der Waals surface area contributed by atoms with E-state index in [9.17, 15) is 4.79 Å². The summed E-state index contributed by atoms with van der Waals surface area (Å²) in [6, 6.07) is 16.0. The van der Waals surface area contributed by atoms with E-state index in [1.165, 1.54) is 5.56 Å². The minimum atomic E-state index is -0.110. The minimum Gasteiger partial charge on any atom is -0.484 e. The van der Waals surface area contributed by atoms with Crippen LogP contribution in [0.3, 0.4) is 0 Å². The summed E-state index contributed by atoms with van der Waals surface area (Å²) in [6.45, 7) is 4.62. The zero-order valence-corrected chi connectivity index (χ0v) is 15.8. The first-order valence-corrected chi connectivity index (χ1v) is 9.46. The molecule has 4 nitrogen and oxygen atoms in total. The summed E-state index contributed by atoms with van der Waals surface area (Å²) >= 11 is 1.65. The van der Waals surface area contributed by atoms with Crippen molar-refractivity contribution < 1.29 is 9.53 Å². The maximum absolute atomic E-state index is 11.9. The molecule has 5 heteroatoms. The van der Waals surface area contributed by atoms with Crippen molar-refractivity contribution >= 4 is 17.2 Å². The normalized spacial score (nSPS) is 10.5. The Kier molecular flexibility index (Phi) is 6.02. The monoisotopic (exact) mass is 366 g/mol. The van der Waals surface area contributed by atoms with Gasteiger partial charge in [-0.05, 0) is 43.5 Å². The van der Waals surface area contributed by atoms with Gasteiger partial charge in [-0.15, -0.1) is 11.3 Å². The lowest BCUT2D eigenvalue weighted by molar-refractivity contribution is -0.123. The van der Waals surface area contributed by atoms with E-state index >= 15 is 0 Å². The van der Waals surface area contributed by atoms with Gasteiger partial charge in [0.1, 0.15) is 5.75 Å². The predicted octanol–water partition coefficient (Wildman–Crippen LogP) is 4.16. The number of ether oxygens (including phenoxy) is 1. The Hall–Kier alpha value is -2.66. The zero-order valence-electron chi connectivity index (χ0n) is 15.0.